The van der Waals surface area contributed by atoms with Gasteiger partial charge in [-0.15, -0.1) is 0 Å². The molecule has 1 heterocycles. The molecule has 0 spiro atoms. The van der Waals surface area contributed by atoms with E-state index in [4.69, 9.17) is 15.2 Å². The molecule has 82 valence electrons. The summed E-state index contributed by atoms with van der Waals surface area (Å²) in [5.41, 5.74) is 6.32. The number of nitrogens with two attached hydrogens (primary N) is 1. The Labute approximate surface area is 88.0 Å². The van der Waals surface area contributed by atoms with Crippen molar-refractivity contribution in [1.29, 1.82) is 0 Å². The Bertz CT molecular complexity index is 348. The van der Waals surface area contributed by atoms with Gasteiger partial charge in [0.05, 0.1) is 19.3 Å². The molecule has 1 aromatic carbocycles. The molecule has 0 atom stereocenters. The quantitative estimate of drug-likeness (QED) is 0.763. The van der Waals surface area contributed by atoms with Crippen LogP contribution in [0.4, 0.5) is 4.39 Å². The molecule has 1 saturated heterocycles. The highest BCUT2D eigenvalue weighted by Crippen LogP contribution is 2.29. The minimum atomic E-state index is -0.877. The molecule has 4 heteroatoms. The van der Waals surface area contributed by atoms with E-state index in [-0.39, 0.29) is 11.9 Å². The van der Waals surface area contributed by atoms with Gasteiger partial charge in [-0.05, 0) is 19.1 Å². The lowest BCUT2D eigenvalue weighted by Gasteiger charge is -2.36. The second kappa shape index (κ2) is 3.89. The summed E-state index contributed by atoms with van der Waals surface area (Å²) < 4.78 is 24.0. The van der Waals surface area contributed by atoms with E-state index >= 15 is 0 Å². The number of benzene rings is 1. The molecule has 0 bridgehead atoms. The highest BCUT2D eigenvalue weighted by atomic mass is 19.1. The van der Waals surface area contributed by atoms with Crippen LogP contribution in [-0.2, 0) is 15.3 Å². The van der Waals surface area contributed by atoms with Gasteiger partial charge in [-0.1, -0.05) is 12.1 Å². The van der Waals surface area contributed by atoms with Gasteiger partial charge >= 0.3 is 0 Å². The van der Waals surface area contributed by atoms with Crippen LogP contribution in [0.25, 0.3) is 0 Å². The molecule has 15 heavy (non-hydrogen) atoms. The van der Waals surface area contributed by atoms with Gasteiger partial charge in [-0.3, -0.25) is 0 Å². The number of halogens is 1. The lowest BCUT2D eigenvalue weighted by Crippen LogP contribution is -2.46. The van der Waals surface area contributed by atoms with Crippen LogP contribution in [0.3, 0.4) is 0 Å². The zero-order valence-corrected chi connectivity index (χ0v) is 8.57. The van der Waals surface area contributed by atoms with Crippen LogP contribution in [-0.4, -0.2) is 19.3 Å². The molecule has 3 nitrogen and oxygen atoms in total. The lowest BCUT2D eigenvalue weighted by atomic mass is 10.1. The summed E-state index contributed by atoms with van der Waals surface area (Å²) in [7, 11) is 0. The third-order valence-electron chi connectivity index (χ3n) is 2.49. The van der Waals surface area contributed by atoms with Gasteiger partial charge in [-0.25, -0.2) is 4.39 Å². The Balaban J connectivity index is 2.22. The smallest absolute Gasteiger partial charge is 0.192 e. The molecular formula is C11H14FNO2. The van der Waals surface area contributed by atoms with Gasteiger partial charge in [0, 0.05) is 5.56 Å². The molecule has 1 aromatic rings. The third-order valence-corrected chi connectivity index (χ3v) is 2.49. The number of rotatable bonds is 1. The van der Waals surface area contributed by atoms with Crippen molar-refractivity contribution in [2.75, 3.05) is 13.2 Å². The van der Waals surface area contributed by atoms with E-state index in [1.807, 2.05) is 0 Å². The van der Waals surface area contributed by atoms with Crippen LogP contribution in [0.15, 0.2) is 24.3 Å². The minimum Gasteiger partial charge on any atom is -0.344 e. The fourth-order valence-corrected chi connectivity index (χ4v) is 1.56. The Morgan fingerprint density at radius 1 is 1.40 bits per heavy atom. The molecule has 0 amide bonds. The summed E-state index contributed by atoms with van der Waals surface area (Å²) in [5, 5.41) is 0. The van der Waals surface area contributed by atoms with E-state index in [9.17, 15) is 4.39 Å². The van der Waals surface area contributed by atoms with Crippen LogP contribution in [0.5, 0.6) is 0 Å². The van der Waals surface area contributed by atoms with Crippen LogP contribution in [0, 0.1) is 5.82 Å². The summed E-state index contributed by atoms with van der Waals surface area (Å²) in [4.78, 5) is 0. The molecular weight excluding hydrogens is 197 g/mol. The molecule has 1 aliphatic heterocycles. The van der Waals surface area contributed by atoms with Crippen LogP contribution in [0.2, 0.25) is 0 Å². The lowest BCUT2D eigenvalue weighted by molar-refractivity contribution is -0.270. The van der Waals surface area contributed by atoms with Crippen molar-refractivity contribution in [2.45, 2.75) is 18.8 Å². The van der Waals surface area contributed by atoms with Gasteiger partial charge in [0.25, 0.3) is 0 Å². The first kappa shape index (κ1) is 10.5. The van der Waals surface area contributed by atoms with E-state index in [0.717, 1.165) is 0 Å². The molecule has 2 rings (SSSR count). The first-order valence-corrected chi connectivity index (χ1v) is 4.90. The van der Waals surface area contributed by atoms with Crippen LogP contribution >= 0.6 is 0 Å². The van der Waals surface area contributed by atoms with E-state index in [0.29, 0.717) is 18.8 Å². The van der Waals surface area contributed by atoms with Crippen LogP contribution in [0.1, 0.15) is 12.5 Å². The molecule has 1 fully saturated rings. The Hall–Kier alpha value is -0.970. The predicted octanol–water partition coefficient (Wildman–Crippen LogP) is 1.37. The zero-order valence-electron chi connectivity index (χ0n) is 8.57. The average molecular weight is 211 g/mol. The van der Waals surface area contributed by atoms with Crippen LogP contribution < -0.4 is 5.73 Å². The monoisotopic (exact) mass is 211 g/mol. The van der Waals surface area contributed by atoms with Crippen molar-refractivity contribution in [1.82, 2.24) is 0 Å². The number of hydrogen-bond donors (Lipinski definition) is 1. The topological polar surface area (TPSA) is 44.5 Å². The van der Waals surface area contributed by atoms with Gasteiger partial charge in [-0.2, -0.15) is 0 Å². The SMILES string of the molecule is CC1(c2cccc(F)c2)OCC(N)CO1. The fourth-order valence-electron chi connectivity index (χ4n) is 1.56. The largest absolute Gasteiger partial charge is 0.344 e. The van der Waals surface area contributed by atoms with E-state index in [1.54, 1.807) is 19.1 Å². The summed E-state index contributed by atoms with van der Waals surface area (Å²) in [5.74, 6) is -1.17. The average Bonchev–Trinajstić information content (AvgIpc) is 2.23. The minimum absolute atomic E-state index is 0.105. The molecule has 0 aromatic heterocycles. The zero-order chi connectivity index (χ0) is 10.9. The second-order valence-electron chi connectivity index (χ2n) is 3.84. The summed E-state index contributed by atoms with van der Waals surface area (Å²) in [6.07, 6.45) is 0. The van der Waals surface area contributed by atoms with Crippen molar-refractivity contribution in [3.05, 3.63) is 35.6 Å². The van der Waals surface area contributed by atoms with E-state index in [1.165, 1.54) is 12.1 Å². The van der Waals surface area contributed by atoms with Crippen molar-refractivity contribution >= 4 is 0 Å². The van der Waals surface area contributed by atoms with Crippen molar-refractivity contribution in [2.24, 2.45) is 5.73 Å². The first-order chi connectivity index (χ1) is 7.10. The van der Waals surface area contributed by atoms with Gasteiger partial charge in [0.1, 0.15) is 5.82 Å². The second-order valence-corrected chi connectivity index (χ2v) is 3.84. The normalized spacial score (nSPS) is 31.5. The molecule has 0 aliphatic carbocycles. The molecule has 0 radical (unpaired) electrons. The Morgan fingerprint density at radius 3 is 2.67 bits per heavy atom. The van der Waals surface area contributed by atoms with Crippen molar-refractivity contribution in [3.8, 4) is 0 Å². The van der Waals surface area contributed by atoms with E-state index in [2.05, 4.69) is 0 Å². The standard InChI is InChI=1S/C11H14FNO2/c1-11(14-6-10(13)7-15-11)8-3-2-4-9(12)5-8/h2-5,10H,6-7,13H2,1H3. The number of hydrogen-bond acceptors (Lipinski definition) is 3. The van der Waals surface area contributed by atoms with Crippen molar-refractivity contribution < 1.29 is 13.9 Å². The van der Waals surface area contributed by atoms with E-state index < -0.39 is 5.79 Å². The summed E-state index contributed by atoms with van der Waals surface area (Å²) in [6.45, 7) is 2.62. The number of ether oxygens (including phenoxy) is 2. The molecule has 2 N–H and O–H groups in total. The summed E-state index contributed by atoms with van der Waals surface area (Å²) in [6, 6.07) is 6.11. The Morgan fingerprint density at radius 2 is 2.07 bits per heavy atom. The maximum Gasteiger partial charge on any atom is 0.192 e. The third kappa shape index (κ3) is 2.17. The highest BCUT2D eigenvalue weighted by Gasteiger charge is 2.33. The summed E-state index contributed by atoms with van der Waals surface area (Å²) >= 11 is 0. The van der Waals surface area contributed by atoms with Gasteiger partial charge in [0.2, 0.25) is 0 Å². The predicted molar refractivity (Wildman–Crippen MR) is 53.6 cm³/mol. The molecule has 0 saturated carbocycles. The van der Waals surface area contributed by atoms with Crippen molar-refractivity contribution in [3.63, 3.8) is 0 Å². The molecule has 0 unspecified atom stereocenters. The van der Waals surface area contributed by atoms with Gasteiger partial charge in [0.15, 0.2) is 5.79 Å². The maximum absolute atomic E-state index is 13.0. The first-order valence-electron chi connectivity index (χ1n) is 4.90. The molecule has 1 aliphatic rings. The fraction of sp³-hybridized carbons (Fsp3) is 0.455. The Kier molecular flexibility index (Phi) is 2.73. The maximum atomic E-state index is 13.0. The van der Waals surface area contributed by atoms with Gasteiger partial charge < -0.3 is 15.2 Å². The highest BCUT2D eigenvalue weighted by molar-refractivity contribution is 5.21.